The molecule has 0 aliphatic carbocycles. The molecule has 0 aliphatic heterocycles. The van der Waals surface area contributed by atoms with Gasteiger partial charge < -0.3 is 20.1 Å². The van der Waals surface area contributed by atoms with Gasteiger partial charge in [0.2, 0.25) is 5.95 Å². The minimum absolute atomic E-state index is 0.145. The molecule has 0 fully saturated rings. The number of nitrogens with zero attached hydrogens (tertiary/aromatic N) is 3. The molecule has 134 valence electrons. The highest BCUT2D eigenvalue weighted by molar-refractivity contribution is 5.59. The fraction of sp³-hybridized carbons (Fsp3) is 0.211. The molecule has 0 amide bonds. The first kappa shape index (κ1) is 17.5. The van der Waals surface area contributed by atoms with E-state index >= 15 is 0 Å². The molecule has 0 saturated carbocycles. The van der Waals surface area contributed by atoms with E-state index in [4.69, 9.17) is 9.47 Å². The van der Waals surface area contributed by atoms with Gasteiger partial charge in [0.05, 0.1) is 19.4 Å². The SMILES string of the molecule is COc1ccc(Nc2nncc(Nc3ccc(OC(C)C)cc3)n2)cc1. The largest absolute Gasteiger partial charge is 0.497 e. The lowest BCUT2D eigenvalue weighted by molar-refractivity contribution is 0.242. The van der Waals surface area contributed by atoms with Gasteiger partial charge >= 0.3 is 0 Å². The van der Waals surface area contributed by atoms with Gasteiger partial charge in [-0.3, -0.25) is 0 Å². The third kappa shape index (κ3) is 4.83. The Labute approximate surface area is 152 Å². The molecular formula is C19H21N5O2. The lowest BCUT2D eigenvalue weighted by Gasteiger charge is -2.11. The van der Waals surface area contributed by atoms with Gasteiger partial charge in [-0.25, -0.2) is 0 Å². The van der Waals surface area contributed by atoms with Crippen LogP contribution in [0.25, 0.3) is 0 Å². The molecular weight excluding hydrogens is 330 g/mol. The summed E-state index contributed by atoms with van der Waals surface area (Å²) >= 11 is 0. The van der Waals surface area contributed by atoms with Crippen LogP contribution in [0.15, 0.2) is 54.7 Å². The maximum Gasteiger partial charge on any atom is 0.249 e. The summed E-state index contributed by atoms with van der Waals surface area (Å²) in [7, 11) is 1.63. The van der Waals surface area contributed by atoms with Gasteiger partial charge in [-0.1, -0.05) is 0 Å². The molecule has 0 aliphatic rings. The maximum absolute atomic E-state index is 5.64. The highest BCUT2D eigenvalue weighted by Gasteiger charge is 2.03. The van der Waals surface area contributed by atoms with Crippen LogP contribution < -0.4 is 20.1 Å². The van der Waals surface area contributed by atoms with E-state index in [9.17, 15) is 0 Å². The van der Waals surface area contributed by atoms with Crippen molar-refractivity contribution in [2.75, 3.05) is 17.7 Å². The molecule has 1 aromatic heterocycles. The number of nitrogens with one attached hydrogen (secondary N) is 2. The third-order valence-electron chi connectivity index (χ3n) is 3.40. The molecule has 0 spiro atoms. The van der Waals surface area contributed by atoms with E-state index in [0.29, 0.717) is 11.8 Å². The van der Waals surface area contributed by atoms with Crippen LogP contribution in [0.2, 0.25) is 0 Å². The van der Waals surface area contributed by atoms with Crippen LogP contribution in [0.3, 0.4) is 0 Å². The molecule has 26 heavy (non-hydrogen) atoms. The van der Waals surface area contributed by atoms with Crippen molar-refractivity contribution in [2.24, 2.45) is 0 Å². The van der Waals surface area contributed by atoms with Crippen molar-refractivity contribution in [1.82, 2.24) is 15.2 Å². The number of ether oxygens (including phenoxy) is 2. The number of methoxy groups -OCH3 is 1. The molecule has 7 nitrogen and oxygen atoms in total. The van der Waals surface area contributed by atoms with E-state index in [1.165, 1.54) is 0 Å². The quantitative estimate of drug-likeness (QED) is 0.661. The first-order valence-corrected chi connectivity index (χ1v) is 8.27. The summed E-state index contributed by atoms with van der Waals surface area (Å²) in [5, 5.41) is 14.3. The predicted octanol–water partition coefficient (Wildman–Crippen LogP) is 4.15. The summed E-state index contributed by atoms with van der Waals surface area (Å²) in [4.78, 5) is 4.42. The normalized spacial score (nSPS) is 10.5. The minimum Gasteiger partial charge on any atom is -0.497 e. The Bertz CT molecular complexity index is 835. The average Bonchev–Trinajstić information content (AvgIpc) is 2.64. The first-order valence-electron chi connectivity index (χ1n) is 8.27. The Morgan fingerprint density at radius 2 is 1.46 bits per heavy atom. The Kier molecular flexibility index (Phi) is 5.48. The van der Waals surface area contributed by atoms with Crippen LogP contribution >= 0.6 is 0 Å². The topological polar surface area (TPSA) is 81.2 Å². The molecule has 0 radical (unpaired) electrons. The van der Waals surface area contributed by atoms with Crippen LogP contribution in [-0.4, -0.2) is 28.4 Å². The third-order valence-corrected chi connectivity index (χ3v) is 3.40. The molecule has 7 heteroatoms. The van der Waals surface area contributed by atoms with Crippen molar-refractivity contribution in [3.05, 3.63) is 54.7 Å². The Morgan fingerprint density at radius 3 is 2.08 bits per heavy atom. The molecule has 0 unspecified atom stereocenters. The zero-order chi connectivity index (χ0) is 18.4. The summed E-state index contributed by atoms with van der Waals surface area (Å²) in [6, 6.07) is 15.2. The monoisotopic (exact) mass is 351 g/mol. The number of rotatable bonds is 7. The molecule has 0 saturated heterocycles. The van der Waals surface area contributed by atoms with E-state index in [0.717, 1.165) is 22.9 Å². The first-order chi connectivity index (χ1) is 12.6. The number of hydrogen-bond donors (Lipinski definition) is 2. The molecule has 1 heterocycles. The number of aromatic nitrogens is 3. The van der Waals surface area contributed by atoms with Crippen LogP contribution in [0.4, 0.5) is 23.1 Å². The van der Waals surface area contributed by atoms with E-state index < -0.39 is 0 Å². The van der Waals surface area contributed by atoms with Gasteiger partial charge in [-0.2, -0.15) is 10.1 Å². The van der Waals surface area contributed by atoms with Crippen molar-refractivity contribution in [3.8, 4) is 11.5 Å². The van der Waals surface area contributed by atoms with Crippen molar-refractivity contribution >= 4 is 23.1 Å². The van der Waals surface area contributed by atoms with Gasteiger partial charge in [0.25, 0.3) is 0 Å². The number of hydrogen-bond acceptors (Lipinski definition) is 7. The number of anilines is 4. The van der Waals surface area contributed by atoms with E-state index in [2.05, 4.69) is 25.8 Å². The lowest BCUT2D eigenvalue weighted by atomic mass is 10.3. The second-order valence-corrected chi connectivity index (χ2v) is 5.83. The summed E-state index contributed by atoms with van der Waals surface area (Å²) in [5.74, 6) is 2.61. The van der Waals surface area contributed by atoms with E-state index in [1.807, 2.05) is 62.4 Å². The second-order valence-electron chi connectivity index (χ2n) is 5.83. The summed E-state index contributed by atoms with van der Waals surface area (Å²) < 4.78 is 10.8. The molecule has 2 N–H and O–H groups in total. The molecule has 0 bridgehead atoms. The standard InChI is InChI=1S/C19H21N5O2/c1-13(2)26-17-10-6-14(7-11-17)21-18-12-20-24-19(23-18)22-15-4-8-16(25-3)9-5-15/h4-13H,1-3H3,(H2,21,22,23,24). The van der Waals surface area contributed by atoms with Crippen molar-refractivity contribution in [3.63, 3.8) is 0 Å². The van der Waals surface area contributed by atoms with Crippen LogP contribution in [0, 0.1) is 0 Å². The molecule has 3 rings (SSSR count). The van der Waals surface area contributed by atoms with Gasteiger partial charge in [-0.05, 0) is 62.4 Å². The highest BCUT2D eigenvalue weighted by atomic mass is 16.5. The maximum atomic E-state index is 5.64. The summed E-state index contributed by atoms with van der Waals surface area (Å²) in [6.07, 6.45) is 1.71. The zero-order valence-corrected chi connectivity index (χ0v) is 14.9. The van der Waals surface area contributed by atoms with Crippen LogP contribution in [0.5, 0.6) is 11.5 Å². The van der Waals surface area contributed by atoms with Gasteiger partial charge in [0, 0.05) is 11.4 Å². The van der Waals surface area contributed by atoms with Gasteiger partial charge in [0.1, 0.15) is 11.5 Å². The Morgan fingerprint density at radius 1 is 0.846 bits per heavy atom. The van der Waals surface area contributed by atoms with Crippen molar-refractivity contribution < 1.29 is 9.47 Å². The fourth-order valence-corrected chi connectivity index (χ4v) is 2.26. The van der Waals surface area contributed by atoms with E-state index in [-0.39, 0.29) is 6.10 Å². The number of benzene rings is 2. The Hall–Kier alpha value is -3.35. The molecule has 0 atom stereocenters. The summed E-state index contributed by atoms with van der Waals surface area (Å²) in [6.45, 7) is 3.99. The molecule has 3 aromatic rings. The minimum atomic E-state index is 0.145. The van der Waals surface area contributed by atoms with Crippen molar-refractivity contribution in [2.45, 2.75) is 20.0 Å². The fourth-order valence-electron chi connectivity index (χ4n) is 2.26. The smallest absolute Gasteiger partial charge is 0.249 e. The van der Waals surface area contributed by atoms with Crippen LogP contribution in [-0.2, 0) is 0 Å². The molecule has 2 aromatic carbocycles. The van der Waals surface area contributed by atoms with Gasteiger partial charge in [-0.15, -0.1) is 5.10 Å². The van der Waals surface area contributed by atoms with Crippen LogP contribution in [0.1, 0.15) is 13.8 Å². The summed E-state index contributed by atoms with van der Waals surface area (Å²) in [5.41, 5.74) is 1.73. The predicted molar refractivity (Wildman–Crippen MR) is 102 cm³/mol. The second kappa shape index (κ2) is 8.15. The average molecular weight is 351 g/mol. The Balaban J connectivity index is 1.66. The van der Waals surface area contributed by atoms with Gasteiger partial charge in [0.15, 0.2) is 5.82 Å². The highest BCUT2D eigenvalue weighted by Crippen LogP contribution is 2.21. The zero-order valence-electron chi connectivity index (χ0n) is 14.9. The van der Waals surface area contributed by atoms with Crippen molar-refractivity contribution in [1.29, 1.82) is 0 Å². The van der Waals surface area contributed by atoms with E-state index in [1.54, 1.807) is 13.3 Å². The lowest BCUT2D eigenvalue weighted by Crippen LogP contribution is -2.05.